The third-order valence-electron chi connectivity index (χ3n) is 2.03. The van der Waals surface area contributed by atoms with Gasteiger partial charge in [-0.15, -0.1) is 0 Å². The second-order valence-corrected chi connectivity index (χ2v) is 3.70. The molecule has 0 aromatic carbocycles. The lowest BCUT2D eigenvalue weighted by Crippen LogP contribution is -2.42. The topological polar surface area (TPSA) is 182 Å². The summed E-state index contributed by atoms with van der Waals surface area (Å²) in [7, 11) is 0. The summed E-state index contributed by atoms with van der Waals surface area (Å²) in [5.41, 5.74) is -2.74. The van der Waals surface area contributed by atoms with Crippen molar-refractivity contribution in [3.63, 3.8) is 0 Å². The zero-order valence-corrected chi connectivity index (χ0v) is 10.6. The van der Waals surface area contributed by atoms with E-state index in [1.807, 2.05) is 0 Å². The molecule has 1 heterocycles. The maximum Gasteiger partial charge on any atom is 0.336 e. The molecule has 118 valence electrons. The first kappa shape index (κ1) is 20.6. The number of rotatable bonds is 5. The molecule has 6 N–H and O–H groups in total. The predicted molar refractivity (Wildman–Crippen MR) is 62.3 cm³/mol. The number of carbonyl (C=O) groups is 3. The van der Waals surface area contributed by atoms with Crippen molar-refractivity contribution in [1.29, 1.82) is 0 Å². The molecule has 0 aromatic heterocycles. The monoisotopic (exact) mass is 298 g/mol. The molecule has 1 saturated heterocycles. The summed E-state index contributed by atoms with van der Waals surface area (Å²) in [6.07, 6.45) is -2.29. The molecule has 10 heteroatoms. The average molecular weight is 298 g/mol. The number of hydrogen-bond acceptors (Lipinski definition) is 6. The van der Waals surface area contributed by atoms with Crippen molar-refractivity contribution in [2.75, 3.05) is 26.4 Å². The van der Waals surface area contributed by atoms with Crippen LogP contribution in [0.1, 0.15) is 12.8 Å². The van der Waals surface area contributed by atoms with Gasteiger partial charge in [-0.25, -0.2) is 4.79 Å². The number of hydrogen-bond donors (Lipinski definition) is 4. The molecule has 0 spiro atoms. The summed E-state index contributed by atoms with van der Waals surface area (Å²) < 4.78 is 9.89. The lowest BCUT2D eigenvalue weighted by molar-refractivity contribution is -0.170. The molecule has 0 atom stereocenters. The molecule has 0 bridgehead atoms. The van der Waals surface area contributed by atoms with E-state index in [4.69, 9.17) is 29.9 Å². The van der Waals surface area contributed by atoms with E-state index in [0.29, 0.717) is 0 Å². The Morgan fingerprint density at radius 1 is 0.850 bits per heavy atom. The van der Waals surface area contributed by atoms with Crippen LogP contribution in [0.4, 0.5) is 0 Å². The molecule has 1 aliphatic rings. The minimum atomic E-state index is -2.74. The highest BCUT2D eigenvalue weighted by Gasteiger charge is 2.40. The Morgan fingerprint density at radius 3 is 1.30 bits per heavy atom. The van der Waals surface area contributed by atoms with Gasteiger partial charge in [0, 0.05) is 0 Å². The molecule has 10 nitrogen and oxygen atoms in total. The normalized spacial score (nSPS) is 14.2. The summed E-state index contributed by atoms with van der Waals surface area (Å²) >= 11 is 0. The molecule has 0 saturated carbocycles. The lowest BCUT2D eigenvalue weighted by atomic mass is 9.96. The molecule has 1 aliphatic heterocycles. The SMILES string of the molecule is C1COCCO1.O.O=C(O)CC(O)(CC(=O)O)C(=O)O. The first-order valence-corrected chi connectivity index (χ1v) is 5.33. The van der Waals surface area contributed by atoms with Crippen molar-refractivity contribution in [1.82, 2.24) is 0 Å². The summed E-state index contributed by atoms with van der Waals surface area (Å²) in [4.78, 5) is 30.5. The van der Waals surface area contributed by atoms with E-state index in [-0.39, 0.29) is 5.48 Å². The van der Waals surface area contributed by atoms with Crippen LogP contribution >= 0.6 is 0 Å². The van der Waals surface area contributed by atoms with E-state index in [0.717, 1.165) is 26.4 Å². The summed E-state index contributed by atoms with van der Waals surface area (Å²) in [6.45, 7) is 3.11. The van der Waals surface area contributed by atoms with Crippen LogP contribution in [0.5, 0.6) is 0 Å². The molecule has 1 rings (SSSR count). The van der Waals surface area contributed by atoms with Gasteiger partial charge in [-0.3, -0.25) is 9.59 Å². The molecule has 1 fully saturated rings. The minimum absolute atomic E-state index is 0. The van der Waals surface area contributed by atoms with Crippen LogP contribution in [-0.2, 0) is 23.9 Å². The van der Waals surface area contributed by atoms with Crippen LogP contribution in [0, 0.1) is 0 Å². The highest BCUT2D eigenvalue weighted by molar-refractivity contribution is 5.88. The molecule has 0 unspecified atom stereocenters. The number of carboxylic acid groups (broad SMARTS) is 3. The first-order chi connectivity index (χ1) is 8.78. The average Bonchev–Trinajstić information content (AvgIpc) is 2.29. The summed E-state index contributed by atoms with van der Waals surface area (Å²) in [5, 5.41) is 33.8. The zero-order valence-electron chi connectivity index (χ0n) is 10.6. The zero-order chi connectivity index (χ0) is 14.9. The van der Waals surface area contributed by atoms with Crippen LogP contribution < -0.4 is 0 Å². The number of carboxylic acids is 3. The van der Waals surface area contributed by atoms with Gasteiger partial charge >= 0.3 is 17.9 Å². The molecular formula is C10H18O10. The van der Waals surface area contributed by atoms with Gasteiger partial charge in [0.15, 0.2) is 5.60 Å². The molecule has 0 aliphatic carbocycles. The van der Waals surface area contributed by atoms with E-state index in [1.165, 1.54) is 0 Å². The van der Waals surface area contributed by atoms with Gasteiger partial charge in [0.1, 0.15) is 0 Å². The number of aliphatic carboxylic acids is 3. The fourth-order valence-electron chi connectivity index (χ4n) is 1.15. The summed E-state index contributed by atoms with van der Waals surface area (Å²) in [6, 6.07) is 0. The number of ether oxygens (including phenoxy) is 2. The highest BCUT2D eigenvalue weighted by atomic mass is 16.6. The van der Waals surface area contributed by atoms with Crippen molar-refractivity contribution >= 4 is 17.9 Å². The molecule has 20 heavy (non-hydrogen) atoms. The standard InChI is InChI=1S/C6H8O7.C4H8O2.H2O/c7-3(8)1-6(13,5(11)12)2-4(9)10;1-2-6-4-3-5-1;/h13H,1-2H2,(H,7,8)(H,9,10)(H,11,12);1-4H2;1H2. The van der Waals surface area contributed by atoms with Crippen LogP contribution in [0.25, 0.3) is 0 Å². The van der Waals surface area contributed by atoms with E-state index < -0.39 is 36.4 Å². The molecule has 0 aromatic rings. The summed E-state index contributed by atoms with van der Waals surface area (Å²) in [5.74, 6) is -5.02. The Morgan fingerprint density at radius 2 is 1.15 bits per heavy atom. The van der Waals surface area contributed by atoms with Gasteiger partial charge in [-0.05, 0) is 0 Å². The van der Waals surface area contributed by atoms with Crippen molar-refractivity contribution in [2.45, 2.75) is 18.4 Å². The maximum atomic E-state index is 10.3. The van der Waals surface area contributed by atoms with E-state index >= 15 is 0 Å². The van der Waals surface area contributed by atoms with Gasteiger partial charge < -0.3 is 35.4 Å². The quantitative estimate of drug-likeness (QED) is 0.444. The fraction of sp³-hybridized carbons (Fsp3) is 0.700. The Balaban J connectivity index is 0. The largest absolute Gasteiger partial charge is 0.481 e. The Bertz CT molecular complexity index is 294. The van der Waals surface area contributed by atoms with Crippen molar-refractivity contribution in [2.24, 2.45) is 0 Å². The van der Waals surface area contributed by atoms with Crippen LogP contribution in [0.2, 0.25) is 0 Å². The van der Waals surface area contributed by atoms with E-state index in [1.54, 1.807) is 0 Å². The van der Waals surface area contributed by atoms with Crippen molar-refractivity contribution in [3.05, 3.63) is 0 Å². The second-order valence-electron chi connectivity index (χ2n) is 3.70. The van der Waals surface area contributed by atoms with Gasteiger partial charge in [0.05, 0.1) is 39.3 Å². The Labute approximate surface area is 113 Å². The van der Waals surface area contributed by atoms with Gasteiger partial charge in [0.2, 0.25) is 0 Å². The maximum absolute atomic E-state index is 10.3. The Kier molecular flexibility index (Phi) is 10.4. The third kappa shape index (κ3) is 9.22. The number of aliphatic hydroxyl groups is 1. The minimum Gasteiger partial charge on any atom is -0.481 e. The van der Waals surface area contributed by atoms with Crippen molar-refractivity contribution in [3.8, 4) is 0 Å². The smallest absolute Gasteiger partial charge is 0.336 e. The third-order valence-corrected chi connectivity index (χ3v) is 2.03. The highest BCUT2D eigenvalue weighted by Crippen LogP contribution is 2.15. The van der Waals surface area contributed by atoms with Gasteiger partial charge in [-0.1, -0.05) is 0 Å². The lowest BCUT2D eigenvalue weighted by Gasteiger charge is -2.18. The van der Waals surface area contributed by atoms with E-state index in [9.17, 15) is 14.4 Å². The van der Waals surface area contributed by atoms with Crippen molar-refractivity contribution < 1.29 is 49.8 Å². The van der Waals surface area contributed by atoms with Gasteiger partial charge in [-0.2, -0.15) is 0 Å². The van der Waals surface area contributed by atoms with E-state index in [2.05, 4.69) is 0 Å². The molecule has 0 amide bonds. The van der Waals surface area contributed by atoms with Gasteiger partial charge in [0.25, 0.3) is 0 Å². The van der Waals surface area contributed by atoms with Crippen LogP contribution in [0.3, 0.4) is 0 Å². The van der Waals surface area contributed by atoms with Crippen LogP contribution in [-0.4, -0.2) is 75.8 Å². The van der Waals surface area contributed by atoms with Crippen LogP contribution in [0.15, 0.2) is 0 Å². The molecule has 0 radical (unpaired) electrons. The second kappa shape index (κ2) is 10.1. The fourth-order valence-corrected chi connectivity index (χ4v) is 1.15. The first-order valence-electron chi connectivity index (χ1n) is 5.33. The Hall–Kier alpha value is -1.75. The predicted octanol–water partition coefficient (Wildman–Crippen LogP) is -2.04. The molecular weight excluding hydrogens is 280 g/mol.